The van der Waals surface area contributed by atoms with Gasteiger partial charge in [-0.2, -0.15) is 21.6 Å². The van der Waals surface area contributed by atoms with E-state index < -0.39 is 125 Å². The molecule has 55 heavy (non-hydrogen) atoms. The number of alkyl halides is 3. The van der Waals surface area contributed by atoms with Gasteiger partial charge in [0, 0.05) is 31.1 Å². The number of anilines is 2. The summed E-state index contributed by atoms with van der Waals surface area (Å²) in [6.07, 6.45) is -10.1. The van der Waals surface area contributed by atoms with E-state index in [0.717, 1.165) is 12.1 Å². The number of halogens is 4. The molecule has 0 unspecified atom stereocenters. The van der Waals surface area contributed by atoms with Crippen LogP contribution in [0.15, 0.2) is 49.1 Å². The molecule has 3 rings (SSSR count). The molecular weight excluding hydrogens is 760 g/mol. The number of rotatable bonds is 14. The van der Waals surface area contributed by atoms with E-state index in [1.807, 2.05) is 0 Å². The number of carbonyl (C=O) groups excluding carboxylic acids is 3. The van der Waals surface area contributed by atoms with Crippen molar-refractivity contribution in [2.24, 2.45) is 0 Å². The van der Waals surface area contributed by atoms with Gasteiger partial charge in [0.25, 0.3) is 0 Å². The maximum absolute atomic E-state index is 17.1. The molecule has 2 aromatic carbocycles. The van der Waals surface area contributed by atoms with Crippen LogP contribution in [0.25, 0.3) is 0 Å². The molecule has 0 saturated heterocycles. The first-order valence-corrected chi connectivity index (χ1v) is 18.1. The van der Waals surface area contributed by atoms with Gasteiger partial charge in [-0.1, -0.05) is 43.0 Å². The van der Waals surface area contributed by atoms with Crippen molar-refractivity contribution in [3.8, 4) is 5.75 Å². The maximum atomic E-state index is 17.1. The van der Waals surface area contributed by atoms with E-state index in [2.05, 4.69) is 6.58 Å². The van der Waals surface area contributed by atoms with Gasteiger partial charge in [-0.05, 0) is 47.1 Å². The summed E-state index contributed by atoms with van der Waals surface area (Å²) in [5, 5.41) is 10.3. The number of nitrogens with one attached hydrogen (secondary N) is 1. The minimum Gasteiger partial charge on any atom is -0.487 e. The fraction of sp³-hybridized carbons (Fsp3) is 0.486. The highest BCUT2D eigenvalue weighted by molar-refractivity contribution is 7.91. The summed E-state index contributed by atoms with van der Waals surface area (Å²) >= 11 is 0. The van der Waals surface area contributed by atoms with Gasteiger partial charge in [-0.3, -0.25) is 9.69 Å². The van der Waals surface area contributed by atoms with Crippen LogP contribution in [0.2, 0.25) is 0 Å². The number of hydrogen-bond donors (Lipinski definition) is 2. The van der Waals surface area contributed by atoms with Crippen LogP contribution >= 0.6 is 0 Å². The normalized spacial score (nSPS) is 14.4. The summed E-state index contributed by atoms with van der Waals surface area (Å²) in [6, 6.07) is 7.76. The molecule has 304 valence electrons. The van der Waals surface area contributed by atoms with E-state index in [1.54, 1.807) is 35.1 Å². The Morgan fingerprint density at radius 2 is 1.65 bits per heavy atom. The second-order valence-corrected chi connectivity index (χ2v) is 15.8. The third kappa shape index (κ3) is 12.9. The largest absolute Gasteiger partial charge is 0.487 e. The average Bonchev–Trinajstić information content (AvgIpc) is 3.40. The van der Waals surface area contributed by atoms with Crippen LogP contribution in [0.4, 0.5) is 43.3 Å². The molecule has 0 saturated carbocycles. The number of amides is 3. The maximum Gasteiger partial charge on any atom is 0.422 e. The van der Waals surface area contributed by atoms with Gasteiger partial charge in [0.2, 0.25) is 0 Å². The Morgan fingerprint density at radius 3 is 2.20 bits per heavy atom. The Balaban J connectivity index is 2.25. The van der Waals surface area contributed by atoms with Gasteiger partial charge in [0.1, 0.15) is 42.4 Å². The minimum atomic E-state index is -5.27. The third-order valence-corrected chi connectivity index (χ3v) is 8.63. The van der Waals surface area contributed by atoms with E-state index in [4.69, 9.17) is 18.9 Å². The molecule has 0 spiro atoms. The van der Waals surface area contributed by atoms with E-state index in [9.17, 15) is 45.9 Å². The topological polar surface area (TPSA) is 181 Å². The summed E-state index contributed by atoms with van der Waals surface area (Å²) in [7, 11) is -5.27. The van der Waals surface area contributed by atoms with Crippen LogP contribution in [-0.4, -0.2) is 92.3 Å². The van der Waals surface area contributed by atoms with Crippen molar-refractivity contribution < 1.29 is 69.2 Å². The molecule has 1 heterocycles. The summed E-state index contributed by atoms with van der Waals surface area (Å²) in [5.74, 6) is -3.25. The Morgan fingerprint density at radius 1 is 1.04 bits per heavy atom. The first-order chi connectivity index (χ1) is 25.3. The second kappa shape index (κ2) is 17.5. The van der Waals surface area contributed by atoms with Gasteiger partial charge >= 0.3 is 40.6 Å². The first kappa shape index (κ1) is 44.1. The second-order valence-electron chi connectivity index (χ2n) is 14.2. The number of carbonyl (C=O) groups is 4. The van der Waals surface area contributed by atoms with Gasteiger partial charge in [0.15, 0.2) is 5.82 Å². The summed E-state index contributed by atoms with van der Waals surface area (Å²) in [5.41, 5.74) is -3.63. The van der Waals surface area contributed by atoms with Crippen molar-refractivity contribution >= 4 is 45.8 Å². The van der Waals surface area contributed by atoms with Crippen LogP contribution in [0, 0.1) is 5.82 Å². The molecule has 0 aromatic heterocycles. The molecule has 0 radical (unpaired) electrons. The van der Waals surface area contributed by atoms with E-state index in [1.165, 1.54) is 41.5 Å². The Bertz CT molecular complexity index is 1850. The average molecular weight is 805 g/mol. The monoisotopic (exact) mass is 804 g/mol. The fourth-order valence-electron chi connectivity index (χ4n) is 5.26. The minimum absolute atomic E-state index is 0.154. The summed E-state index contributed by atoms with van der Waals surface area (Å²) in [6.45, 7) is 8.56. The molecule has 3 amide bonds. The van der Waals surface area contributed by atoms with Crippen LogP contribution in [0.5, 0.6) is 5.75 Å². The van der Waals surface area contributed by atoms with Gasteiger partial charge < -0.3 is 29.0 Å². The zero-order chi connectivity index (χ0) is 41.5. The summed E-state index contributed by atoms with van der Waals surface area (Å²) in [4.78, 5) is 52.7. The first-order valence-electron chi connectivity index (χ1n) is 16.7. The molecule has 0 aliphatic carbocycles. The van der Waals surface area contributed by atoms with E-state index in [-0.39, 0.29) is 10.9 Å². The lowest BCUT2D eigenvalue weighted by Crippen LogP contribution is -2.48. The molecule has 2 N–H and O–H groups in total. The van der Waals surface area contributed by atoms with E-state index >= 15 is 4.39 Å². The predicted molar refractivity (Wildman–Crippen MR) is 190 cm³/mol. The molecule has 0 bridgehead atoms. The zero-order valence-electron chi connectivity index (χ0n) is 31.1. The number of benzene rings is 2. The zero-order valence-corrected chi connectivity index (χ0v) is 31.9. The van der Waals surface area contributed by atoms with Crippen molar-refractivity contribution in [1.82, 2.24) is 9.62 Å². The van der Waals surface area contributed by atoms with Crippen LogP contribution in [-0.2, 0) is 42.2 Å². The van der Waals surface area contributed by atoms with Crippen molar-refractivity contribution in [2.75, 3.05) is 35.4 Å². The molecular formula is C35H44F4N4O11S. The van der Waals surface area contributed by atoms with Crippen molar-refractivity contribution in [2.45, 2.75) is 84.4 Å². The lowest BCUT2D eigenvalue weighted by Gasteiger charge is -2.32. The molecule has 0 fully saturated rings. The molecule has 1 aliphatic heterocycles. The quantitative estimate of drug-likeness (QED) is 0.0946. The third-order valence-electron chi connectivity index (χ3n) is 7.32. The lowest BCUT2D eigenvalue weighted by molar-refractivity contribution is -0.152. The van der Waals surface area contributed by atoms with Gasteiger partial charge in [-0.15, -0.1) is 0 Å². The smallest absolute Gasteiger partial charge is 0.422 e. The van der Waals surface area contributed by atoms with Crippen molar-refractivity contribution in [3.63, 3.8) is 0 Å². The number of fused-ring (bicyclic) bond motifs is 1. The fourth-order valence-corrected chi connectivity index (χ4v) is 6.32. The molecule has 15 nitrogen and oxygen atoms in total. The molecule has 1 atom stereocenters. The number of hydrogen-bond acceptors (Lipinski definition) is 10. The highest BCUT2D eigenvalue weighted by atomic mass is 32.2. The number of ether oxygens (including phenoxy) is 4. The van der Waals surface area contributed by atoms with Crippen LogP contribution < -0.4 is 18.7 Å². The Kier molecular flexibility index (Phi) is 14.0. The highest BCUT2D eigenvalue weighted by Crippen LogP contribution is 2.45. The molecule has 20 heteroatoms. The highest BCUT2D eigenvalue weighted by Gasteiger charge is 2.43. The van der Waals surface area contributed by atoms with Crippen LogP contribution in [0.1, 0.15) is 59.1 Å². The number of carboxylic acid groups (broad SMARTS) is 1. The molecule has 1 aliphatic rings. The SMILES string of the molecule is C=CCOC(=O)NS(=O)(=O)N(CC(=O)OC(C)(C)C)c1c(OCc2ccccc2)cc2c(c1F)C[C@H](CN(CCC(F)(F)F)C(=O)OC(C)(C)C)N2C(=O)O. The lowest BCUT2D eigenvalue weighted by atomic mass is 10.1. The standard InChI is InChI=1S/C35H44F4N4O11S/c1-8-16-51-30(45)40-55(49,50)42(20-27(44)53-33(2,3)4)29-26(52-21-22-12-10-9-11-13-22)18-25-24(28(29)36)17-23(43(25)31(46)47)19-41(15-14-35(37,38)39)32(48)54-34(5,6)7/h8-13,18,23H,1,14-17,19-21H2,2-7H3,(H,40,45)(H,46,47)/t23-/m1/s1. The Labute approximate surface area is 315 Å². The van der Waals surface area contributed by atoms with Gasteiger partial charge in [-0.25, -0.2) is 27.8 Å². The van der Waals surface area contributed by atoms with Crippen LogP contribution in [0.3, 0.4) is 0 Å². The Hall–Kier alpha value is -5.27. The van der Waals surface area contributed by atoms with Crippen molar-refractivity contribution in [1.29, 1.82) is 0 Å². The molecule has 2 aromatic rings. The number of esters is 1. The van der Waals surface area contributed by atoms with Gasteiger partial charge in [0.05, 0.1) is 18.2 Å². The number of nitrogens with zero attached hydrogens (tertiary/aromatic N) is 3. The summed E-state index contributed by atoms with van der Waals surface area (Å²) < 4.78 is 108. The predicted octanol–water partition coefficient (Wildman–Crippen LogP) is 6.31. The van der Waals surface area contributed by atoms with Crippen molar-refractivity contribution in [3.05, 3.63) is 66.0 Å². The van der Waals surface area contributed by atoms with E-state index in [0.29, 0.717) is 15.4 Å².